The molecule has 1 aromatic carbocycles. The molecule has 17 heavy (non-hydrogen) atoms. The molecule has 0 heterocycles. The Kier molecular flexibility index (Phi) is 5.01. The minimum absolute atomic E-state index is 0.433. The van der Waals surface area contributed by atoms with E-state index in [9.17, 15) is 9.90 Å². The van der Waals surface area contributed by atoms with Gasteiger partial charge in [-0.05, 0) is 31.9 Å². The number of aliphatic carboxylic acids is 1. The van der Waals surface area contributed by atoms with Crippen LogP contribution in [0.3, 0.4) is 0 Å². The molecule has 0 amide bonds. The lowest BCUT2D eigenvalue weighted by Crippen LogP contribution is -2.41. The van der Waals surface area contributed by atoms with Crippen LogP contribution in [0.5, 0.6) is 0 Å². The number of anilines is 1. The molecule has 1 unspecified atom stereocenters. The highest BCUT2D eigenvalue weighted by molar-refractivity contribution is 5.78. The van der Waals surface area contributed by atoms with Crippen LogP contribution in [-0.2, 0) is 4.79 Å². The number of hydrogen-bond acceptors (Lipinski definition) is 2. The van der Waals surface area contributed by atoms with Crippen molar-refractivity contribution >= 4 is 11.7 Å². The summed E-state index contributed by atoms with van der Waals surface area (Å²) < 4.78 is 0. The van der Waals surface area contributed by atoms with Crippen LogP contribution in [0.2, 0.25) is 0 Å². The molecule has 0 spiro atoms. The first-order chi connectivity index (χ1) is 8.10. The molecule has 0 bridgehead atoms. The lowest BCUT2D eigenvalue weighted by Gasteiger charge is -2.30. The molecule has 0 aliphatic carbocycles. The second-order valence-electron chi connectivity index (χ2n) is 4.29. The normalized spacial score (nSPS) is 12.2. The van der Waals surface area contributed by atoms with Gasteiger partial charge in [0.25, 0.3) is 0 Å². The summed E-state index contributed by atoms with van der Waals surface area (Å²) in [6, 6.07) is 7.60. The Morgan fingerprint density at radius 3 is 2.29 bits per heavy atom. The zero-order valence-corrected chi connectivity index (χ0v) is 10.8. The quantitative estimate of drug-likeness (QED) is 0.823. The van der Waals surface area contributed by atoms with Crippen molar-refractivity contribution in [2.45, 2.75) is 39.7 Å². The molecule has 1 N–H and O–H groups in total. The number of carbonyl (C=O) groups is 1. The predicted octanol–water partition coefficient (Wildman–Crippen LogP) is 3.07. The lowest BCUT2D eigenvalue weighted by atomic mass is 10.1. The molecular formula is C14H21NO2. The maximum absolute atomic E-state index is 11.2. The molecule has 0 aliphatic heterocycles. The topological polar surface area (TPSA) is 40.5 Å². The maximum Gasteiger partial charge on any atom is 0.326 e. The van der Waals surface area contributed by atoms with E-state index >= 15 is 0 Å². The standard InChI is InChI=1S/C14H21NO2/c1-4-10-15(13(5-2)14(16)17)12-8-6-11(3)7-9-12/h6-9,13H,4-5,10H2,1-3H3,(H,16,17). The van der Waals surface area contributed by atoms with Crippen LogP contribution >= 0.6 is 0 Å². The van der Waals surface area contributed by atoms with E-state index in [4.69, 9.17) is 0 Å². The van der Waals surface area contributed by atoms with E-state index in [1.54, 1.807) is 0 Å². The average molecular weight is 235 g/mol. The summed E-state index contributed by atoms with van der Waals surface area (Å²) in [6.45, 7) is 6.78. The van der Waals surface area contributed by atoms with Crippen LogP contribution in [0.4, 0.5) is 5.69 Å². The van der Waals surface area contributed by atoms with Crippen molar-refractivity contribution in [1.29, 1.82) is 0 Å². The highest BCUT2D eigenvalue weighted by Crippen LogP contribution is 2.20. The van der Waals surface area contributed by atoms with Gasteiger partial charge in [-0.3, -0.25) is 0 Å². The van der Waals surface area contributed by atoms with Gasteiger partial charge in [0.1, 0.15) is 6.04 Å². The first-order valence-corrected chi connectivity index (χ1v) is 6.16. The van der Waals surface area contributed by atoms with Crippen LogP contribution in [0.15, 0.2) is 24.3 Å². The average Bonchev–Trinajstić information content (AvgIpc) is 2.29. The van der Waals surface area contributed by atoms with Gasteiger partial charge in [-0.25, -0.2) is 4.79 Å². The van der Waals surface area contributed by atoms with E-state index in [0.29, 0.717) is 6.42 Å². The highest BCUT2D eigenvalue weighted by atomic mass is 16.4. The third-order valence-corrected chi connectivity index (χ3v) is 2.88. The Balaban J connectivity index is 2.98. The van der Waals surface area contributed by atoms with E-state index in [1.807, 2.05) is 43.0 Å². The van der Waals surface area contributed by atoms with Crippen molar-refractivity contribution in [2.24, 2.45) is 0 Å². The number of benzene rings is 1. The Morgan fingerprint density at radius 2 is 1.88 bits per heavy atom. The number of carboxylic acids is 1. The largest absolute Gasteiger partial charge is 0.480 e. The highest BCUT2D eigenvalue weighted by Gasteiger charge is 2.23. The number of aryl methyl sites for hydroxylation is 1. The number of hydrogen-bond donors (Lipinski definition) is 1. The molecule has 0 aromatic heterocycles. The molecule has 0 aliphatic rings. The number of carboxylic acid groups (broad SMARTS) is 1. The third-order valence-electron chi connectivity index (χ3n) is 2.88. The zero-order valence-electron chi connectivity index (χ0n) is 10.8. The van der Waals surface area contributed by atoms with Crippen molar-refractivity contribution in [3.05, 3.63) is 29.8 Å². The molecule has 94 valence electrons. The first-order valence-electron chi connectivity index (χ1n) is 6.16. The van der Waals surface area contributed by atoms with Gasteiger partial charge in [-0.1, -0.05) is 31.5 Å². The van der Waals surface area contributed by atoms with Crippen molar-refractivity contribution < 1.29 is 9.90 Å². The van der Waals surface area contributed by atoms with E-state index in [-0.39, 0.29) is 0 Å². The summed E-state index contributed by atoms with van der Waals surface area (Å²) in [6.07, 6.45) is 1.56. The lowest BCUT2D eigenvalue weighted by molar-refractivity contribution is -0.138. The van der Waals surface area contributed by atoms with Crippen molar-refractivity contribution in [1.82, 2.24) is 0 Å². The van der Waals surface area contributed by atoms with E-state index in [0.717, 1.165) is 18.7 Å². The van der Waals surface area contributed by atoms with Gasteiger partial charge in [0.15, 0.2) is 0 Å². The van der Waals surface area contributed by atoms with Crippen LogP contribution in [0, 0.1) is 6.92 Å². The molecule has 0 saturated heterocycles. The fraction of sp³-hybridized carbons (Fsp3) is 0.500. The summed E-state index contributed by atoms with van der Waals surface area (Å²) in [5.74, 6) is -0.749. The maximum atomic E-state index is 11.2. The predicted molar refractivity (Wildman–Crippen MR) is 70.5 cm³/mol. The molecule has 0 radical (unpaired) electrons. The van der Waals surface area contributed by atoms with Gasteiger partial charge in [-0.2, -0.15) is 0 Å². The molecule has 1 rings (SSSR count). The molecular weight excluding hydrogens is 214 g/mol. The van der Waals surface area contributed by atoms with Crippen LogP contribution in [0.25, 0.3) is 0 Å². The second kappa shape index (κ2) is 6.28. The summed E-state index contributed by atoms with van der Waals surface area (Å²) in [4.78, 5) is 13.2. The van der Waals surface area contributed by atoms with Crippen molar-refractivity contribution in [2.75, 3.05) is 11.4 Å². The van der Waals surface area contributed by atoms with Crippen molar-refractivity contribution in [3.63, 3.8) is 0 Å². The molecule has 1 aromatic rings. The second-order valence-corrected chi connectivity index (χ2v) is 4.29. The SMILES string of the molecule is CCCN(c1ccc(C)cc1)C(CC)C(=O)O. The molecule has 1 atom stereocenters. The van der Waals surface area contributed by atoms with Gasteiger partial charge >= 0.3 is 5.97 Å². The fourth-order valence-electron chi connectivity index (χ4n) is 1.97. The van der Waals surface area contributed by atoms with Gasteiger partial charge in [0, 0.05) is 12.2 Å². The monoisotopic (exact) mass is 235 g/mol. The van der Waals surface area contributed by atoms with Crippen LogP contribution in [-0.4, -0.2) is 23.7 Å². The first kappa shape index (κ1) is 13.6. The zero-order chi connectivity index (χ0) is 12.8. The smallest absolute Gasteiger partial charge is 0.326 e. The van der Waals surface area contributed by atoms with Crippen LogP contribution < -0.4 is 4.90 Å². The summed E-state index contributed by atoms with van der Waals surface area (Å²) in [5, 5.41) is 9.24. The van der Waals surface area contributed by atoms with E-state index in [1.165, 1.54) is 5.56 Å². The van der Waals surface area contributed by atoms with Gasteiger partial charge in [0.05, 0.1) is 0 Å². The summed E-state index contributed by atoms with van der Waals surface area (Å²) in [7, 11) is 0. The van der Waals surface area contributed by atoms with Gasteiger partial charge < -0.3 is 10.0 Å². The fourth-order valence-corrected chi connectivity index (χ4v) is 1.97. The van der Waals surface area contributed by atoms with Crippen molar-refractivity contribution in [3.8, 4) is 0 Å². The van der Waals surface area contributed by atoms with Gasteiger partial charge in [0.2, 0.25) is 0 Å². The molecule has 0 saturated carbocycles. The third kappa shape index (κ3) is 3.48. The molecule has 3 nitrogen and oxygen atoms in total. The van der Waals surface area contributed by atoms with Gasteiger partial charge in [-0.15, -0.1) is 0 Å². The minimum Gasteiger partial charge on any atom is -0.480 e. The Labute approximate surface area is 103 Å². The summed E-state index contributed by atoms with van der Waals surface area (Å²) >= 11 is 0. The Morgan fingerprint density at radius 1 is 1.29 bits per heavy atom. The number of rotatable bonds is 6. The molecule has 3 heteroatoms. The van der Waals surface area contributed by atoms with E-state index in [2.05, 4.69) is 6.92 Å². The van der Waals surface area contributed by atoms with Crippen LogP contribution in [0.1, 0.15) is 32.3 Å². The Bertz CT molecular complexity index is 359. The summed E-state index contributed by atoms with van der Waals surface area (Å²) in [5.41, 5.74) is 2.18. The minimum atomic E-state index is -0.749. The van der Waals surface area contributed by atoms with E-state index < -0.39 is 12.0 Å². The molecule has 0 fully saturated rings. The Hall–Kier alpha value is -1.51. The number of nitrogens with zero attached hydrogens (tertiary/aromatic N) is 1.